The Labute approximate surface area is 421 Å². The van der Waals surface area contributed by atoms with Gasteiger partial charge in [-0.1, -0.05) is 206 Å². The van der Waals surface area contributed by atoms with Crippen LogP contribution in [0.4, 0.5) is 17.1 Å². The highest BCUT2D eigenvalue weighted by Gasteiger charge is 2.54. The van der Waals surface area contributed by atoms with Gasteiger partial charge in [-0.3, -0.25) is 0 Å². The van der Waals surface area contributed by atoms with Crippen LogP contribution in [0.2, 0.25) is 0 Å². The molecule has 0 atom stereocenters. The van der Waals surface area contributed by atoms with Gasteiger partial charge in [-0.2, -0.15) is 0 Å². The zero-order chi connectivity index (χ0) is 47.6. The van der Waals surface area contributed by atoms with Crippen LogP contribution in [0, 0.1) is 0 Å². The zero-order valence-electron chi connectivity index (χ0n) is 39.4. The maximum atomic E-state index is 7.36. The van der Waals surface area contributed by atoms with Crippen molar-refractivity contribution in [1.29, 1.82) is 0 Å². The lowest BCUT2D eigenvalue weighted by Crippen LogP contribution is -2.32. The Balaban J connectivity index is 0.986. The maximum absolute atomic E-state index is 7.36. The van der Waals surface area contributed by atoms with Crippen molar-refractivity contribution >= 4 is 60.5 Å². The number of nitrogens with zero attached hydrogens (tertiary/aromatic N) is 1. The Morgan fingerprint density at radius 3 is 1.22 bits per heavy atom. The molecule has 0 fully saturated rings. The number of hydrogen-bond donors (Lipinski definition) is 0. The molecule has 4 aliphatic rings. The second-order valence-corrected chi connectivity index (χ2v) is 20.2. The molecule has 0 radical (unpaired) electrons. The molecule has 3 heteroatoms. The van der Waals surface area contributed by atoms with Crippen LogP contribution in [0.25, 0.3) is 76.9 Å². The molecule has 13 aromatic rings. The molecular formula is C70H41NO2. The molecule has 3 aliphatic carbocycles. The molecule has 1 aromatic heterocycles. The molecule has 73 heavy (non-hydrogen) atoms. The summed E-state index contributed by atoms with van der Waals surface area (Å²) in [6.45, 7) is 0. The monoisotopic (exact) mass is 927 g/mol. The van der Waals surface area contributed by atoms with E-state index in [1.165, 1.54) is 66.8 Å². The third kappa shape index (κ3) is 4.85. The molecule has 0 saturated carbocycles. The molecular weight excluding hydrogens is 887 g/mol. The Bertz CT molecular complexity index is 4430. The van der Waals surface area contributed by atoms with Gasteiger partial charge < -0.3 is 14.1 Å². The van der Waals surface area contributed by atoms with Gasteiger partial charge in [-0.05, 0) is 120 Å². The number of ether oxygens (including phenoxy) is 1. The first-order valence-corrected chi connectivity index (χ1v) is 25.3. The lowest BCUT2D eigenvalue weighted by atomic mass is 9.65. The fraction of sp³-hybridized carbons (Fsp3) is 0.0286. The number of furan rings is 1. The highest BCUT2D eigenvalue weighted by atomic mass is 16.5. The number of anilines is 3. The van der Waals surface area contributed by atoms with Crippen LogP contribution in [0.3, 0.4) is 0 Å². The molecule has 17 rings (SSSR count). The van der Waals surface area contributed by atoms with Crippen LogP contribution in [0.15, 0.2) is 253 Å². The Morgan fingerprint density at radius 1 is 0.288 bits per heavy atom. The standard InChI is InChI=1S/C70H41NO2/c1-3-18-46-42(16-1)32-38-59-67(46)73-68-47-19-4-2-17-43(47)33-39-60(68)70(59)58-28-13-8-23-51(58)53-37-35-45(41-62(53)70)71(63-29-15-31-65-66(63)54-24-9-14-30-64(54)72-65)44-34-36-52-50-22-7-12-27-57(50)69(61(52)40-44)55-25-10-5-20-48(55)49-21-6-11-26-56(49)69/h1-41H. The third-order valence-electron chi connectivity index (χ3n) is 16.9. The van der Waals surface area contributed by atoms with Crippen LogP contribution >= 0.6 is 0 Å². The molecule has 2 spiro atoms. The van der Waals surface area contributed by atoms with Gasteiger partial charge in [0, 0.05) is 38.7 Å². The van der Waals surface area contributed by atoms with Gasteiger partial charge in [-0.15, -0.1) is 0 Å². The van der Waals surface area contributed by atoms with Crippen LogP contribution in [-0.2, 0) is 10.8 Å². The van der Waals surface area contributed by atoms with E-state index in [-0.39, 0.29) is 0 Å². The smallest absolute Gasteiger partial charge is 0.140 e. The van der Waals surface area contributed by atoms with E-state index in [4.69, 9.17) is 9.15 Å². The lowest BCUT2D eigenvalue weighted by Gasteiger charge is -2.40. The van der Waals surface area contributed by atoms with Crippen LogP contribution in [0.5, 0.6) is 11.5 Å². The number of fused-ring (bicyclic) bond motifs is 26. The number of rotatable bonds is 3. The summed E-state index contributed by atoms with van der Waals surface area (Å²) >= 11 is 0. The second-order valence-electron chi connectivity index (χ2n) is 20.2. The van der Waals surface area contributed by atoms with E-state index in [1.807, 2.05) is 0 Å². The predicted octanol–water partition coefficient (Wildman–Crippen LogP) is 18.2. The first kappa shape index (κ1) is 39.3. The van der Waals surface area contributed by atoms with Crippen LogP contribution < -0.4 is 9.64 Å². The molecule has 0 amide bonds. The predicted molar refractivity (Wildman–Crippen MR) is 297 cm³/mol. The molecule has 12 aromatic carbocycles. The van der Waals surface area contributed by atoms with Gasteiger partial charge in [0.2, 0.25) is 0 Å². The van der Waals surface area contributed by atoms with Crippen molar-refractivity contribution < 1.29 is 9.15 Å². The maximum Gasteiger partial charge on any atom is 0.140 e. The van der Waals surface area contributed by atoms with E-state index in [2.05, 4.69) is 254 Å². The SMILES string of the molecule is c1ccc2c(c1)-c1ccccc1C21c2ccccc2-c2ccc(N(c3ccc4c(c3)C3(c5ccccc5-4)c4ccc5ccccc5c4Oc4c3ccc3ccccc43)c3cccc4oc5ccccc5c34)cc21. The molecule has 0 N–H and O–H groups in total. The highest BCUT2D eigenvalue weighted by Crippen LogP contribution is 2.66. The van der Waals surface area contributed by atoms with E-state index in [0.717, 1.165) is 83.2 Å². The van der Waals surface area contributed by atoms with E-state index in [0.29, 0.717) is 0 Å². The Hall–Kier alpha value is -9.44. The molecule has 338 valence electrons. The summed E-state index contributed by atoms with van der Waals surface area (Å²) in [5.74, 6) is 1.81. The zero-order valence-corrected chi connectivity index (χ0v) is 39.4. The average Bonchev–Trinajstić information content (AvgIpc) is 4.24. The minimum Gasteiger partial charge on any atom is -0.456 e. The molecule has 3 nitrogen and oxygen atoms in total. The van der Waals surface area contributed by atoms with Crippen molar-refractivity contribution in [2.45, 2.75) is 10.8 Å². The summed E-state index contributed by atoms with van der Waals surface area (Å²) in [5.41, 5.74) is 21.2. The van der Waals surface area contributed by atoms with Crippen molar-refractivity contribution in [3.8, 4) is 44.9 Å². The molecule has 1 aliphatic heterocycles. The van der Waals surface area contributed by atoms with E-state index >= 15 is 0 Å². The van der Waals surface area contributed by atoms with Crippen molar-refractivity contribution in [2.24, 2.45) is 0 Å². The first-order valence-electron chi connectivity index (χ1n) is 25.3. The lowest BCUT2D eigenvalue weighted by molar-refractivity contribution is 0.447. The molecule has 0 unspecified atom stereocenters. The van der Waals surface area contributed by atoms with E-state index in [9.17, 15) is 0 Å². The minimum atomic E-state index is -0.722. The van der Waals surface area contributed by atoms with Crippen molar-refractivity contribution in [3.05, 3.63) is 293 Å². The summed E-state index contributed by atoms with van der Waals surface area (Å²) in [7, 11) is 0. The summed E-state index contributed by atoms with van der Waals surface area (Å²) in [4.78, 5) is 2.51. The Kier molecular flexibility index (Phi) is 7.60. The normalized spacial score (nSPS) is 14.4. The van der Waals surface area contributed by atoms with Crippen LogP contribution in [-0.4, -0.2) is 0 Å². The first-order chi connectivity index (χ1) is 36.2. The second kappa shape index (κ2) is 14.1. The minimum absolute atomic E-state index is 0.514. The number of hydrogen-bond acceptors (Lipinski definition) is 3. The summed E-state index contributed by atoms with van der Waals surface area (Å²) in [6, 6.07) is 92.2. The van der Waals surface area contributed by atoms with Gasteiger partial charge in [0.15, 0.2) is 0 Å². The summed E-state index contributed by atoms with van der Waals surface area (Å²) in [5, 5.41) is 6.66. The van der Waals surface area contributed by atoms with Crippen molar-refractivity contribution in [1.82, 2.24) is 0 Å². The highest BCUT2D eigenvalue weighted by molar-refractivity contribution is 6.14. The van der Waals surface area contributed by atoms with E-state index < -0.39 is 10.8 Å². The molecule has 2 heterocycles. The number of para-hydroxylation sites is 1. The van der Waals surface area contributed by atoms with Gasteiger partial charge in [0.25, 0.3) is 0 Å². The van der Waals surface area contributed by atoms with Gasteiger partial charge >= 0.3 is 0 Å². The van der Waals surface area contributed by atoms with Gasteiger partial charge in [0.05, 0.1) is 21.9 Å². The average molecular weight is 928 g/mol. The third-order valence-corrected chi connectivity index (χ3v) is 16.9. The van der Waals surface area contributed by atoms with Gasteiger partial charge in [0.1, 0.15) is 22.7 Å². The largest absolute Gasteiger partial charge is 0.456 e. The fourth-order valence-electron chi connectivity index (χ4n) is 14.1. The summed E-state index contributed by atoms with van der Waals surface area (Å²) in [6.07, 6.45) is 0. The number of benzene rings is 12. The molecule has 0 bridgehead atoms. The molecule has 0 saturated heterocycles. The van der Waals surface area contributed by atoms with E-state index in [1.54, 1.807) is 0 Å². The summed E-state index contributed by atoms with van der Waals surface area (Å²) < 4.78 is 14.1. The Morgan fingerprint density at radius 2 is 0.699 bits per heavy atom. The topological polar surface area (TPSA) is 25.6 Å². The van der Waals surface area contributed by atoms with Crippen LogP contribution in [0.1, 0.15) is 44.5 Å². The van der Waals surface area contributed by atoms with Crippen molar-refractivity contribution in [3.63, 3.8) is 0 Å². The van der Waals surface area contributed by atoms with Gasteiger partial charge in [-0.25, -0.2) is 0 Å². The van der Waals surface area contributed by atoms with Crippen molar-refractivity contribution in [2.75, 3.05) is 4.90 Å². The fourth-order valence-corrected chi connectivity index (χ4v) is 14.1. The quantitative estimate of drug-likeness (QED) is 0.177.